The highest BCUT2D eigenvalue weighted by Gasteiger charge is 2.09. The third-order valence-electron chi connectivity index (χ3n) is 2.79. The molecule has 2 rings (SSSR count). The molecule has 1 heterocycles. The molecule has 110 valence electrons. The summed E-state index contributed by atoms with van der Waals surface area (Å²) in [6.45, 7) is 0.585. The van der Waals surface area contributed by atoms with E-state index in [0.717, 1.165) is 5.56 Å². The molecule has 0 aliphatic heterocycles. The van der Waals surface area contributed by atoms with E-state index in [1.54, 1.807) is 29.1 Å². The number of aromatic nitrogens is 1. The van der Waals surface area contributed by atoms with Crippen LogP contribution in [0.25, 0.3) is 0 Å². The second-order valence-electron chi connectivity index (χ2n) is 4.39. The lowest BCUT2D eigenvalue weighted by atomic mass is 10.2. The second-order valence-corrected chi connectivity index (χ2v) is 4.39. The molecule has 1 aromatic heterocycles. The molecule has 0 radical (unpaired) electrons. The van der Waals surface area contributed by atoms with Gasteiger partial charge < -0.3 is 23.5 Å². The summed E-state index contributed by atoms with van der Waals surface area (Å²) in [7, 11) is 0. The van der Waals surface area contributed by atoms with Crippen molar-refractivity contribution in [3.63, 3.8) is 0 Å². The molecular formula is C15H16ClN3O2. The molecule has 0 fully saturated rings. The van der Waals surface area contributed by atoms with E-state index in [-0.39, 0.29) is 24.9 Å². The zero-order valence-electron chi connectivity index (χ0n) is 11.3. The molecule has 5 nitrogen and oxygen atoms in total. The number of nitrogens with zero attached hydrogens (tertiary/aromatic N) is 1. The average molecular weight is 306 g/mol. The van der Waals surface area contributed by atoms with Gasteiger partial charge in [0.2, 0.25) is 6.54 Å². The molecule has 0 aliphatic rings. The monoisotopic (exact) mass is 305 g/mol. The number of carbonyl (C=O) groups is 2. The van der Waals surface area contributed by atoms with Crippen molar-refractivity contribution in [3.05, 3.63) is 66.0 Å². The predicted molar refractivity (Wildman–Crippen MR) is 73.4 cm³/mol. The molecule has 6 heteroatoms. The highest BCUT2D eigenvalue weighted by molar-refractivity contribution is 5.93. The Balaban J connectivity index is 0.00000220. The number of benzene rings is 1. The number of rotatable bonds is 5. The van der Waals surface area contributed by atoms with Gasteiger partial charge in [-0.1, -0.05) is 30.3 Å². The van der Waals surface area contributed by atoms with Crippen molar-refractivity contribution >= 4 is 11.8 Å². The Morgan fingerprint density at radius 1 is 1.05 bits per heavy atom. The van der Waals surface area contributed by atoms with Crippen LogP contribution in [0, 0.1) is 0 Å². The van der Waals surface area contributed by atoms with Gasteiger partial charge in [-0.05, 0) is 5.56 Å². The van der Waals surface area contributed by atoms with E-state index in [2.05, 4.69) is 5.32 Å². The highest BCUT2D eigenvalue weighted by Crippen LogP contribution is 2.00. The van der Waals surface area contributed by atoms with Crippen LogP contribution in [0.5, 0.6) is 0 Å². The maximum absolute atomic E-state index is 11.9. The molecule has 0 spiro atoms. The smallest absolute Gasteiger partial charge is 0.283 e. The van der Waals surface area contributed by atoms with Crippen LogP contribution < -0.4 is 28.0 Å². The fraction of sp³-hybridized carbons (Fsp3) is 0.133. The first-order valence-corrected chi connectivity index (χ1v) is 6.24. The summed E-state index contributed by atoms with van der Waals surface area (Å²) < 4.78 is 1.62. The summed E-state index contributed by atoms with van der Waals surface area (Å²) in [5, 5.41) is 2.84. The number of amides is 2. The van der Waals surface area contributed by atoms with Gasteiger partial charge in [-0.2, -0.15) is 4.57 Å². The van der Waals surface area contributed by atoms with Crippen molar-refractivity contribution in [2.24, 2.45) is 5.73 Å². The molecule has 1 aromatic carbocycles. The van der Waals surface area contributed by atoms with Crippen LogP contribution in [-0.2, 0) is 17.9 Å². The van der Waals surface area contributed by atoms with Gasteiger partial charge >= 0.3 is 0 Å². The summed E-state index contributed by atoms with van der Waals surface area (Å²) in [6.07, 6.45) is 3.31. The van der Waals surface area contributed by atoms with E-state index in [1.165, 1.54) is 0 Å². The van der Waals surface area contributed by atoms with Crippen LogP contribution in [-0.4, -0.2) is 11.8 Å². The number of hydrogen-bond acceptors (Lipinski definition) is 2. The molecule has 2 amide bonds. The summed E-state index contributed by atoms with van der Waals surface area (Å²) in [6, 6.07) is 13.0. The van der Waals surface area contributed by atoms with Gasteiger partial charge in [0, 0.05) is 18.7 Å². The molecule has 0 saturated heterocycles. The largest absolute Gasteiger partial charge is 1.00 e. The van der Waals surface area contributed by atoms with Crippen LogP contribution in [0.4, 0.5) is 0 Å². The third-order valence-corrected chi connectivity index (χ3v) is 2.79. The highest BCUT2D eigenvalue weighted by atomic mass is 35.5. The molecule has 3 N–H and O–H groups in total. The first kappa shape index (κ1) is 16.7. The third kappa shape index (κ3) is 5.24. The van der Waals surface area contributed by atoms with Crippen molar-refractivity contribution in [2.45, 2.75) is 13.1 Å². The van der Waals surface area contributed by atoms with Crippen LogP contribution in [0.1, 0.15) is 15.9 Å². The maximum Gasteiger partial charge on any atom is 0.283 e. The van der Waals surface area contributed by atoms with Gasteiger partial charge in [-0.25, -0.2) is 0 Å². The number of nitrogens with two attached hydrogens (primary N) is 1. The lowest BCUT2D eigenvalue weighted by Crippen LogP contribution is -3.00. The topological polar surface area (TPSA) is 76.1 Å². The molecule has 0 saturated carbocycles. The fourth-order valence-corrected chi connectivity index (χ4v) is 1.77. The van der Waals surface area contributed by atoms with Gasteiger partial charge in [-0.3, -0.25) is 9.59 Å². The van der Waals surface area contributed by atoms with Gasteiger partial charge in [-0.15, -0.1) is 0 Å². The van der Waals surface area contributed by atoms with Crippen molar-refractivity contribution < 1.29 is 26.6 Å². The van der Waals surface area contributed by atoms with E-state index < -0.39 is 5.91 Å². The number of primary amides is 1. The number of pyridine rings is 1. The molecule has 2 aromatic rings. The summed E-state index contributed by atoms with van der Waals surface area (Å²) >= 11 is 0. The number of halogens is 1. The van der Waals surface area contributed by atoms with E-state index in [0.29, 0.717) is 12.1 Å². The molecule has 0 bridgehead atoms. The molecule has 0 unspecified atom stereocenters. The van der Waals surface area contributed by atoms with Crippen molar-refractivity contribution in [1.82, 2.24) is 5.32 Å². The lowest BCUT2D eigenvalue weighted by Gasteiger charge is -2.04. The van der Waals surface area contributed by atoms with E-state index in [1.807, 2.05) is 30.3 Å². The average Bonchev–Trinajstić information content (AvgIpc) is 2.46. The minimum atomic E-state index is -0.420. The quantitative estimate of drug-likeness (QED) is 0.594. The molecule has 0 atom stereocenters. The van der Waals surface area contributed by atoms with Crippen molar-refractivity contribution in [2.75, 3.05) is 0 Å². The lowest BCUT2D eigenvalue weighted by molar-refractivity contribution is -0.684. The Labute approximate surface area is 129 Å². The SMILES string of the molecule is NC(=O)C[n+]1ccc(C(=O)NCc2ccccc2)cc1.[Cl-]. The standard InChI is InChI=1S/C15H15N3O2.ClH/c16-14(19)11-18-8-6-13(7-9-18)15(20)17-10-12-4-2-1-3-5-12;/h1-9H,10-11H2,(H2-,16,17,19,20);1H. The van der Waals surface area contributed by atoms with Crippen LogP contribution in [0.2, 0.25) is 0 Å². The Bertz CT molecular complexity index is 600. The maximum atomic E-state index is 11.9. The first-order valence-electron chi connectivity index (χ1n) is 6.24. The molecule has 0 aliphatic carbocycles. The Kier molecular flexibility index (Phi) is 6.36. The van der Waals surface area contributed by atoms with Gasteiger partial charge in [0.15, 0.2) is 12.4 Å². The van der Waals surface area contributed by atoms with Gasteiger partial charge in [0.05, 0.1) is 5.56 Å². The normalized spacial score (nSPS) is 9.52. The van der Waals surface area contributed by atoms with Gasteiger partial charge in [0.1, 0.15) is 0 Å². The van der Waals surface area contributed by atoms with Crippen molar-refractivity contribution in [3.8, 4) is 0 Å². The zero-order chi connectivity index (χ0) is 14.4. The van der Waals surface area contributed by atoms with E-state index in [4.69, 9.17) is 5.73 Å². The van der Waals surface area contributed by atoms with Crippen LogP contribution >= 0.6 is 0 Å². The predicted octanol–water partition coefficient (Wildman–Crippen LogP) is -2.61. The summed E-state index contributed by atoms with van der Waals surface area (Å²) in [5.74, 6) is -0.573. The summed E-state index contributed by atoms with van der Waals surface area (Å²) in [4.78, 5) is 22.7. The Morgan fingerprint density at radius 2 is 1.67 bits per heavy atom. The molecular weight excluding hydrogens is 290 g/mol. The van der Waals surface area contributed by atoms with Crippen LogP contribution in [0.15, 0.2) is 54.9 Å². The number of nitrogens with one attached hydrogen (secondary N) is 1. The minimum absolute atomic E-state index is 0. The first-order chi connectivity index (χ1) is 9.65. The zero-order valence-corrected chi connectivity index (χ0v) is 12.1. The van der Waals surface area contributed by atoms with Crippen LogP contribution in [0.3, 0.4) is 0 Å². The Morgan fingerprint density at radius 3 is 2.24 bits per heavy atom. The van der Waals surface area contributed by atoms with E-state index in [9.17, 15) is 9.59 Å². The number of hydrogen-bond donors (Lipinski definition) is 2. The Hall–Kier alpha value is -2.40. The van der Waals surface area contributed by atoms with E-state index >= 15 is 0 Å². The fourth-order valence-electron chi connectivity index (χ4n) is 1.77. The summed E-state index contributed by atoms with van der Waals surface area (Å²) in [5.41, 5.74) is 6.68. The second kappa shape index (κ2) is 8.01. The number of carbonyl (C=O) groups excluding carboxylic acids is 2. The minimum Gasteiger partial charge on any atom is -1.00 e. The van der Waals surface area contributed by atoms with Gasteiger partial charge in [0.25, 0.3) is 11.8 Å². The van der Waals surface area contributed by atoms with Crippen molar-refractivity contribution in [1.29, 1.82) is 0 Å². The molecule has 21 heavy (non-hydrogen) atoms.